The molecule has 1 atom stereocenters. The van der Waals surface area contributed by atoms with Crippen LogP contribution in [0.25, 0.3) is 11.4 Å². The van der Waals surface area contributed by atoms with Crippen LogP contribution in [0.1, 0.15) is 30.7 Å². The van der Waals surface area contributed by atoms with Gasteiger partial charge in [-0.3, -0.25) is 4.79 Å². The summed E-state index contributed by atoms with van der Waals surface area (Å²) in [5.74, 6) is 0.832. The molecule has 1 aromatic heterocycles. The largest absolute Gasteiger partial charge is 0.494 e. The predicted octanol–water partition coefficient (Wildman–Crippen LogP) is 4.67. The van der Waals surface area contributed by atoms with E-state index in [9.17, 15) is 18.0 Å². The van der Waals surface area contributed by atoms with E-state index in [4.69, 9.17) is 9.26 Å². The highest BCUT2D eigenvalue weighted by Crippen LogP contribution is 2.34. The minimum atomic E-state index is -4.41. The average Bonchev–Trinajstić information content (AvgIpc) is 3.35. The van der Waals surface area contributed by atoms with Crippen molar-refractivity contribution < 1.29 is 27.2 Å². The Kier molecular flexibility index (Phi) is 5.19. The molecule has 0 aliphatic carbocycles. The second kappa shape index (κ2) is 7.81. The second-order valence-corrected chi connectivity index (χ2v) is 6.86. The van der Waals surface area contributed by atoms with Crippen LogP contribution in [0.3, 0.4) is 0 Å². The Balaban J connectivity index is 1.48. The van der Waals surface area contributed by atoms with Crippen LogP contribution in [-0.4, -0.2) is 29.2 Å². The van der Waals surface area contributed by atoms with Crippen molar-refractivity contribution in [1.29, 1.82) is 0 Å². The molecule has 1 amide bonds. The first-order valence-corrected chi connectivity index (χ1v) is 9.39. The van der Waals surface area contributed by atoms with Gasteiger partial charge >= 0.3 is 6.18 Å². The van der Waals surface area contributed by atoms with Gasteiger partial charge in [0.15, 0.2) is 0 Å². The monoisotopic (exact) mass is 417 g/mol. The summed E-state index contributed by atoms with van der Waals surface area (Å²) in [4.78, 5) is 18.4. The maximum atomic E-state index is 12.7. The molecule has 1 fully saturated rings. The maximum absolute atomic E-state index is 12.7. The number of rotatable bonds is 5. The lowest BCUT2D eigenvalue weighted by molar-refractivity contribution is -0.137. The van der Waals surface area contributed by atoms with Crippen LogP contribution in [0.4, 0.5) is 18.9 Å². The summed E-state index contributed by atoms with van der Waals surface area (Å²) in [6, 6.07) is 11.8. The maximum Gasteiger partial charge on any atom is 0.416 e. The van der Waals surface area contributed by atoms with E-state index in [0.29, 0.717) is 18.7 Å². The van der Waals surface area contributed by atoms with Gasteiger partial charge in [0.25, 0.3) is 0 Å². The summed E-state index contributed by atoms with van der Waals surface area (Å²) < 4.78 is 48.8. The van der Waals surface area contributed by atoms with Gasteiger partial charge in [-0.2, -0.15) is 18.2 Å². The highest BCUT2D eigenvalue weighted by atomic mass is 19.4. The molecule has 3 aromatic rings. The number of carbonyl (C=O) groups is 1. The van der Waals surface area contributed by atoms with Crippen molar-refractivity contribution in [2.45, 2.75) is 25.4 Å². The quantitative estimate of drug-likeness (QED) is 0.603. The van der Waals surface area contributed by atoms with Gasteiger partial charge in [-0.25, -0.2) is 0 Å². The first kappa shape index (κ1) is 19.9. The lowest BCUT2D eigenvalue weighted by atomic mass is 10.1. The second-order valence-electron chi connectivity index (χ2n) is 6.86. The number of hydrogen-bond donors (Lipinski definition) is 0. The number of alkyl halides is 3. The first-order valence-electron chi connectivity index (χ1n) is 9.39. The van der Waals surface area contributed by atoms with Crippen LogP contribution >= 0.6 is 0 Å². The van der Waals surface area contributed by atoms with Crippen LogP contribution in [0.5, 0.6) is 5.75 Å². The zero-order valence-corrected chi connectivity index (χ0v) is 16.0. The lowest BCUT2D eigenvalue weighted by Crippen LogP contribution is -2.24. The summed E-state index contributed by atoms with van der Waals surface area (Å²) >= 11 is 0. The van der Waals surface area contributed by atoms with Gasteiger partial charge in [0.05, 0.1) is 18.1 Å². The van der Waals surface area contributed by atoms with Crippen molar-refractivity contribution in [3.63, 3.8) is 0 Å². The lowest BCUT2D eigenvalue weighted by Gasteiger charge is -2.16. The van der Waals surface area contributed by atoms with Crippen molar-refractivity contribution in [3.05, 3.63) is 60.0 Å². The average molecular weight is 417 g/mol. The summed E-state index contributed by atoms with van der Waals surface area (Å²) in [6.07, 6.45) is -4.20. The van der Waals surface area contributed by atoms with Gasteiger partial charge in [0, 0.05) is 24.2 Å². The fourth-order valence-electron chi connectivity index (χ4n) is 3.34. The van der Waals surface area contributed by atoms with E-state index in [1.165, 1.54) is 12.1 Å². The van der Waals surface area contributed by atoms with Crippen LogP contribution in [0.15, 0.2) is 53.1 Å². The van der Waals surface area contributed by atoms with E-state index in [1.807, 2.05) is 19.1 Å². The molecule has 0 bridgehead atoms. The smallest absolute Gasteiger partial charge is 0.416 e. The third-order valence-electron chi connectivity index (χ3n) is 4.85. The number of ether oxygens (including phenoxy) is 1. The van der Waals surface area contributed by atoms with Gasteiger partial charge in [-0.15, -0.1) is 0 Å². The van der Waals surface area contributed by atoms with E-state index in [2.05, 4.69) is 10.1 Å². The molecule has 2 heterocycles. The Hall–Kier alpha value is -3.36. The van der Waals surface area contributed by atoms with E-state index in [0.717, 1.165) is 23.6 Å². The summed E-state index contributed by atoms with van der Waals surface area (Å²) in [7, 11) is 0. The highest BCUT2D eigenvalue weighted by molar-refractivity contribution is 5.96. The minimum absolute atomic E-state index is 0.0709. The van der Waals surface area contributed by atoms with Crippen molar-refractivity contribution in [1.82, 2.24) is 10.1 Å². The molecule has 6 nitrogen and oxygen atoms in total. The summed E-state index contributed by atoms with van der Waals surface area (Å²) in [5, 5.41) is 3.86. The Bertz CT molecular complexity index is 1030. The Morgan fingerprint density at radius 1 is 1.13 bits per heavy atom. The molecule has 1 aliphatic rings. The predicted molar refractivity (Wildman–Crippen MR) is 102 cm³/mol. The molecule has 0 N–H and O–H groups in total. The van der Waals surface area contributed by atoms with Crippen LogP contribution in [-0.2, 0) is 11.0 Å². The van der Waals surface area contributed by atoms with E-state index < -0.39 is 11.7 Å². The molecule has 0 saturated carbocycles. The number of hydrogen-bond acceptors (Lipinski definition) is 5. The van der Waals surface area contributed by atoms with E-state index >= 15 is 0 Å². The van der Waals surface area contributed by atoms with Crippen LogP contribution in [0, 0.1) is 0 Å². The van der Waals surface area contributed by atoms with Gasteiger partial charge in [-0.05, 0) is 43.3 Å². The van der Waals surface area contributed by atoms with E-state index in [1.54, 1.807) is 17.0 Å². The van der Waals surface area contributed by atoms with Gasteiger partial charge in [0.2, 0.25) is 17.6 Å². The Morgan fingerprint density at radius 2 is 1.83 bits per heavy atom. The zero-order valence-electron chi connectivity index (χ0n) is 16.0. The molecule has 9 heteroatoms. The number of halogens is 3. The molecule has 30 heavy (non-hydrogen) atoms. The molecular formula is C21H18F3N3O3. The molecule has 1 saturated heterocycles. The summed E-state index contributed by atoms with van der Waals surface area (Å²) in [6.45, 7) is 2.83. The number of benzene rings is 2. The molecule has 1 aliphatic heterocycles. The third-order valence-corrected chi connectivity index (χ3v) is 4.85. The Morgan fingerprint density at radius 3 is 2.47 bits per heavy atom. The fraction of sp³-hybridized carbons (Fsp3) is 0.286. The molecule has 4 rings (SSSR count). The number of amides is 1. The SMILES string of the molecule is CCOc1ccc(N2CC(c3nc(-c4ccc(C(F)(F)F)cc4)no3)CC2=O)cc1. The van der Waals surface area contributed by atoms with E-state index in [-0.39, 0.29) is 30.0 Å². The molecule has 156 valence electrons. The van der Waals surface area contributed by atoms with Gasteiger partial charge < -0.3 is 14.2 Å². The highest BCUT2D eigenvalue weighted by Gasteiger charge is 2.35. The number of aromatic nitrogens is 2. The van der Waals surface area contributed by atoms with Gasteiger partial charge in [-0.1, -0.05) is 17.3 Å². The molecular weight excluding hydrogens is 399 g/mol. The number of nitrogens with zero attached hydrogens (tertiary/aromatic N) is 3. The van der Waals surface area contributed by atoms with Crippen LogP contribution in [0.2, 0.25) is 0 Å². The first-order chi connectivity index (χ1) is 14.3. The third kappa shape index (κ3) is 4.00. The summed E-state index contributed by atoms with van der Waals surface area (Å²) in [5.41, 5.74) is 0.404. The normalized spacial score (nSPS) is 16.9. The van der Waals surface area contributed by atoms with Crippen molar-refractivity contribution in [2.75, 3.05) is 18.1 Å². The molecule has 0 spiro atoms. The number of anilines is 1. The topological polar surface area (TPSA) is 68.5 Å². The molecule has 0 radical (unpaired) electrons. The molecule has 1 unspecified atom stereocenters. The van der Waals surface area contributed by atoms with Crippen LogP contribution < -0.4 is 9.64 Å². The standard InChI is InChI=1S/C21H18F3N3O3/c1-2-29-17-9-7-16(8-10-17)27-12-14(11-18(27)28)20-25-19(26-30-20)13-3-5-15(6-4-13)21(22,23)24/h3-10,14H,2,11-12H2,1H3. The van der Waals surface area contributed by atoms with Gasteiger partial charge in [0.1, 0.15) is 5.75 Å². The Labute approximate surface area is 170 Å². The zero-order chi connectivity index (χ0) is 21.3. The van der Waals surface area contributed by atoms with Crippen molar-refractivity contribution in [3.8, 4) is 17.1 Å². The minimum Gasteiger partial charge on any atom is -0.494 e. The van der Waals surface area contributed by atoms with Crippen molar-refractivity contribution >= 4 is 11.6 Å². The molecule has 2 aromatic carbocycles. The van der Waals surface area contributed by atoms with Crippen molar-refractivity contribution in [2.24, 2.45) is 0 Å². The fourth-order valence-corrected chi connectivity index (χ4v) is 3.34. The number of carbonyl (C=O) groups excluding carboxylic acids is 1.